The molecule has 3 saturated heterocycles. The van der Waals surface area contributed by atoms with Crippen LogP contribution in [0.4, 0.5) is 5.69 Å². The summed E-state index contributed by atoms with van der Waals surface area (Å²) < 4.78 is 25.1. The van der Waals surface area contributed by atoms with E-state index in [1.165, 1.54) is 15.6 Å². The van der Waals surface area contributed by atoms with Gasteiger partial charge < -0.3 is 4.90 Å². The molecule has 0 bridgehead atoms. The zero-order valence-electron chi connectivity index (χ0n) is 17.7. The van der Waals surface area contributed by atoms with E-state index in [2.05, 4.69) is 9.80 Å². The first-order valence-electron chi connectivity index (χ1n) is 10.5. The molecule has 4 rings (SSSR count). The number of nitrogens with zero attached hydrogens (tertiary/aromatic N) is 5. The van der Waals surface area contributed by atoms with Crippen LogP contribution in [0.15, 0.2) is 18.2 Å². The van der Waals surface area contributed by atoms with E-state index in [0.29, 0.717) is 57.1 Å². The average Bonchev–Trinajstić information content (AvgIpc) is 3.07. The maximum Gasteiger partial charge on any atom is 0.244 e. The van der Waals surface area contributed by atoms with E-state index in [9.17, 15) is 18.0 Å². The highest BCUT2D eigenvalue weighted by molar-refractivity contribution is 7.88. The lowest BCUT2D eigenvalue weighted by atomic mass is 10.1. The number of benzene rings is 1. The Morgan fingerprint density at radius 1 is 0.903 bits per heavy atom. The van der Waals surface area contributed by atoms with Crippen LogP contribution in [0.5, 0.6) is 0 Å². The molecule has 3 fully saturated rings. The molecule has 3 aliphatic rings. The fraction of sp³-hybridized carbons (Fsp3) is 0.600. The van der Waals surface area contributed by atoms with Crippen LogP contribution in [-0.4, -0.2) is 98.1 Å². The first-order valence-corrected chi connectivity index (χ1v) is 12.8. The largest absolute Gasteiger partial charge is 0.369 e. The van der Waals surface area contributed by atoms with Crippen molar-refractivity contribution in [2.75, 3.05) is 63.5 Å². The monoisotopic (exact) mass is 469 g/mol. The number of halogens is 1. The zero-order chi connectivity index (χ0) is 22.2. The maximum atomic E-state index is 12.0. The van der Waals surface area contributed by atoms with Gasteiger partial charge in [-0.25, -0.2) is 18.4 Å². The molecule has 31 heavy (non-hydrogen) atoms. The molecular formula is C20H28ClN5O4S. The number of hydrazine groups is 1. The molecule has 0 atom stereocenters. The van der Waals surface area contributed by atoms with E-state index < -0.39 is 10.0 Å². The van der Waals surface area contributed by atoms with Gasteiger partial charge in [-0.3, -0.25) is 14.5 Å². The molecule has 170 valence electrons. The number of piperazine rings is 2. The maximum absolute atomic E-state index is 12.0. The standard InChI is InChI=1S/C20H28ClN5O4S/c1-31(29,30)25-12-8-23(9-13-25)18-14-17(21)3-2-16(18)15-22-6-10-24(11-7-22)26-19(27)4-5-20(26)28/h2-3,14H,4-13,15H2,1H3. The van der Waals surface area contributed by atoms with Crippen molar-refractivity contribution in [3.63, 3.8) is 0 Å². The SMILES string of the molecule is CS(=O)(=O)N1CCN(c2cc(Cl)ccc2CN2CCN(N3C(=O)CCC3=O)CC2)CC1. The summed E-state index contributed by atoms with van der Waals surface area (Å²) in [5, 5.41) is 3.84. The van der Waals surface area contributed by atoms with E-state index in [4.69, 9.17) is 11.6 Å². The number of hydrogen-bond acceptors (Lipinski definition) is 7. The Morgan fingerprint density at radius 3 is 2.10 bits per heavy atom. The first kappa shape index (κ1) is 22.5. The quantitative estimate of drug-likeness (QED) is 0.584. The van der Waals surface area contributed by atoms with Crippen molar-refractivity contribution in [2.45, 2.75) is 19.4 Å². The third-order valence-electron chi connectivity index (χ3n) is 6.15. The van der Waals surface area contributed by atoms with Gasteiger partial charge in [0.05, 0.1) is 6.26 Å². The first-order chi connectivity index (χ1) is 14.7. The molecule has 1 aromatic rings. The molecule has 3 aliphatic heterocycles. The molecule has 3 heterocycles. The normalized spacial score (nSPS) is 22.5. The molecule has 0 saturated carbocycles. The second-order valence-electron chi connectivity index (χ2n) is 8.25. The van der Waals surface area contributed by atoms with Crippen LogP contribution < -0.4 is 4.90 Å². The summed E-state index contributed by atoms with van der Waals surface area (Å²) in [6, 6.07) is 5.86. The number of anilines is 1. The molecule has 9 nitrogen and oxygen atoms in total. The Kier molecular flexibility index (Phi) is 6.55. The van der Waals surface area contributed by atoms with Crippen LogP contribution in [0.2, 0.25) is 5.02 Å². The highest BCUT2D eigenvalue weighted by Crippen LogP contribution is 2.28. The Balaban J connectivity index is 1.40. The number of amides is 2. The van der Waals surface area contributed by atoms with Gasteiger partial charge >= 0.3 is 0 Å². The summed E-state index contributed by atoms with van der Waals surface area (Å²) in [7, 11) is -3.18. The van der Waals surface area contributed by atoms with E-state index in [1.54, 1.807) is 0 Å². The van der Waals surface area contributed by atoms with E-state index in [0.717, 1.165) is 30.9 Å². The summed E-state index contributed by atoms with van der Waals surface area (Å²) in [5.74, 6) is -0.210. The summed E-state index contributed by atoms with van der Waals surface area (Å²) in [6.07, 6.45) is 1.86. The summed E-state index contributed by atoms with van der Waals surface area (Å²) in [4.78, 5) is 28.5. The van der Waals surface area contributed by atoms with E-state index >= 15 is 0 Å². The fourth-order valence-corrected chi connectivity index (χ4v) is 5.44. The molecular weight excluding hydrogens is 442 g/mol. The number of carbonyl (C=O) groups excluding carboxylic acids is 2. The lowest BCUT2D eigenvalue weighted by Crippen LogP contribution is -2.55. The lowest BCUT2D eigenvalue weighted by molar-refractivity contribution is -0.160. The molecule has 11 heteroatoms. The van der Waals surface area contributed by atoms with Crippen LogP contribution in [0.3, 0.4) is 0 Å². The van der Waals surface area contributed by atoms with Gasteiger partial charge in [0, 0.05) is 82.5 Å². The van der Waals surface area contributed by atoms with Gasteiger partial charge in [-0.05, 0) is 17.7 Å². The molecule has 0 radical (unpaired) electrons. The van der Waals surface area contributed by atoms with Crippen molar-refractivity contribution in [2.24, 2.45) is 0 Å². The molecule has 0 aliphatic carbocycles. The van der Waals surface area contributed by atoms with Gasteiger partial charge in [-0.1, -0.05) is 17.7 Å². The minimum Gasteiger partial charge on any atom is -0.369 e. The second kappa shape index (κ2) is 9.03. The van der Waals surface area contributed by atoms with Crippen LogP contribution in [0, 0.1) is 0 Å². The minimum atomic E-state index is -3.18. The van der Waals surface area contributed by atoms with E-state index in [1.807, 2.05) is 23.2 Å². The number of hydrogen-bond donors (Lipinski definition) is 0. The highest BCUT2D eigenvalue weighted by atomic mass is 35.5. The number of rotatable bonds is 5. The predicted molar refractivity (Wildman–Crippen MR) is 118 cm³/mol. The number of carbonyl (C=O) groups is 2. The molecule has 0 aromatic heterocycles. The number of imide groups is 1. The highest BCUT2D eigenvalue weighted by Gasteiger charge is 2.35. The third kappa shape index (κ3) is 5.04. The van der Waals surface area contributed by atoms with E-state index in [-0.39, 0.29) is 11.8 Å². The van der Waals surface area contributed by atoms with Crippen LogP contribution >= 0.6 is 11.6 Å². The van der Waals surface area contributed by atoms with Crippen molar-refractivity contribution in [3.8, 4) is 0 Å². The molecule has 0 unspecified atom stereocenters. The Hall–Kier alpha value is -1.72. The van der Waals surface area contributed by atoms with Gasteiger partial charge in [0.25, 0.3) is 0 Å². The van der Waals surface area contributed by atoms with Gasteiger partial charge in [-0.15, -0.1) is 0 Å². The van der Waals surface area contributed by atoms with Gasteiger partial charge in [0.1, 0.15) is 0 Å². The molecule has 1 aromatic carbocycles. The van der Waals surface area contributed by atoms with Gasteiger partial charge in [-0.2, -0.15) is 4.31 Å². The molecule has 0 N–H and O–H groups in total. The Labute approximate surface area is 188 Å². The predicted octanol–water partition coefficient (Wildman–Crippen LogP) is 0.603. The molecule has 0 spiro atoms. The van der Waals surface area contributed by atoms with Crippen LogP contribution in [-0.2, 0) is 26.2 Å². The summed E-state index contributed by atoms with van der Waals surface area (Å²) in [6.45, 7) is 5.65. The average molecular weight is 470 g/mol. The fourth-order valence-electron chi connectivity index (χ4n) is 4.44. The second-order valence-corrected chi connectivity index (χ2v) is 10.7. The Bertz CT molecular complexity index is 940. The molecule has 2 amide bonds. The summed E-state index contributed by atoms with van der Waals surface area (Å²) in [5.41, 5.74) is 2.17. The van der Waals surface area contributed by atoms with Gasteiger partial charge in [0.15, 0.2) is 0 Å². The summed E-state index contributed by atoms with van der Waals surface area (Å²) >= 11 is 6.28. The van der Waals surface area contributed by atoms with Crippen LogP contribution in [0.1, 0.15) is 18.4 Å². The van der Waals surface area contributed by atoms with Crippen LogP contribution in [0.25, 0.3) is 0 Å². The van der Waals surface area contributed by atoms with Crippen molar-refractivity contribution in [1.82, 2.24) is 19.2 Å². The van der Waals surface area contributed by atoms with Gasteiger partial charge in [0.2, 0.25) is 21.8 Å². The number of sulfonamides is 1. The third-order valence-corrected chi connectivity index (χ3v) is 7.68. The topological polar surface area (TPSA) is 84.5 Å². The van der Waals surface area contributed by atoms with Crippen molar-refractivity contribution in [3.05, 3.63) is 28.8 Å². The van der Waals surface area contributed by atoms with Crippen molar-refractivity contribution < 1.29 is 18.0 Å². The minimum absolute atomic E-state index is 0.105. The van der Waals surface area contributed by atoms with Crippen molar-refractivity contribution in [1.29, 1.82) is 0 Å². The van der Waals surface area contributed by atoms with Crippen molar-refractivity contribution >= 4 is 39.1 Å². The zero-order valence-corrected chi connectivity index (χ0v) is 19.2. The lowest BCUT2D eigenvalue weighted by Gasteiger charge is -2.39. The smallest absolute Gasteiger partial charge is 0.244 e. The Morgan fingerprint density at radius 2 is 1.52 bits per heavy atom.